The lowest BCUT2D eigenvalue weighted by atomic mass is 9.89. The molecule has 1 aliphatic heterocycles. The van der Waals surface area contributed by atoms with Gasteiger partial charge in [0.25, 0.3) is 0 Å². The molecule has 4 unspecified atom stereocenters. The number of hydrogen-bond acceptors (Lipinski definition) is 3. The van der Waals surface area contributed by atoms with Crippen molar-refractivity contribution in [3.05, 3.63) is 22.4 Å². The fourth-order valence-electron chi connectivity index (χ4n) is 3.02. The molecule has 5 heteroatoms. The Bertz CT molecular complexity index is 624. The number of hydrogen-bond donors (Lipinski definition) is 2. The van der Waals surface area contributed by atoms with Crippen molar-refractivity contribution in [3.8, 4) is 0 Å². The molecule has 4 atom stereocenters. The third-order valence-electron chi connectivity index (χ3n) is 4.16. The van der Waals surface area contributed by atoms with Gasteiger partial charge in [-0.05, 0) is 31.9 Å². The summed E-state index contributed by atoms with van der Waals surface area (Å²) in [5, 5.41) is 0. The number of anilines is 1. The molecule has 1 saturated heterocycles. The van der Waals surface area contributed by atoms with Crippen LogP contribution >= 0.6 is 15.9 Å². The monoisotopic (exact) mass is 323 g/mol. The normalized spacial score (nSPS) is 31.2. The highest BCUT2D eigenvalue weighted by atomic mass is 79.9. The van der Waals surface area contributed by atoms with Gasteiger partial charge in [0, 0.05) is 10.4 Å². The number of ether oxygens (including phenoxy) is 1. The van der Waals surface area contributed by atoms with Gasteiger partial charge < -0.3 is 15.5 Å². The summed E-state index contributed by atoms with van der Waals surface area (Å²) in [6, 6.07) is 3.89. The van der Waals surface area contributed by atoms with Crippen LogP contribution in [0, 0.1) is 5.92 Å². The molecule has 0 spiro atoms. The number of benzene rings is 1. The SMILES string of the molecule is CC1OC(C)C(c2nc3c(N)cc(Br)cc3[nH]2)C1C. The molecule has 1 aliphatic rings. The van der Waals surface area contributed by atoms with Gasteiger partial charge in [0.05, 0.1) is 23.4 Å². The van der Waals surface area contributed by atoms with E-state index in [1.54, 1.807) is 0 Å². The van der Waals surface area contributed by atoms with Crippen molar-refractivity contribution in [2.45, 2.75) is 38.9 Å². The molecule has 1 aromatic carbocycles. The first-order valence-electron chi connectivity index (χ1n) is 6.57. The molecule has 0 saturated carbocycles. The zero-order valence-corrected chi connectivity index (χ0v) is 12.9. The fourth-order valence-corrected chi connectivity index (χ4v) is 3.50. The molecule has 2 heterocycles. The molecular weight excluding hydrogens is 306 g/mol. The predicted molar refractivity (Wildman–Crippen MR) is 80.1 cm³/mol. The van der Waals surface area contributed by atoms with E-state index in [1.807, 2.05) is 12.1 Å². The Balaban J connectivity index is 2.09. The Labute approximate surface area is 120 Å². The van der Waals surface area contributed by atoms with Crippen molar-refractivity contribution in [1.29, 1.82) is 0 Å². The Morgan fingerprint density at radius 3 is 2.63 bits per heavy atom. The fraction of sp³-hybridized carbons (Fsp3) is 0.500. The summed E-state index contributed by atoms with van der Waals surface area (Å²) in [6.45, 7) is 6.44. The number of rotatable bonds is 1. The maximum absolute atomic E-state index is 6.02. The van der Waals surface area contributed by atoms with E-state index in [0.717, 1.165) is 21.3 Å². The molecule has 0 aliphatic carbocycles. The van der Waals surface area contributed by atoms with Crippen LogP contribution in [0.1, 0.15) is 32.5 Å². The highest BCUT2D eigenvalue weighted by Crippen LogP contribution is 2.39. The second kappa shape index (κ2) is 4.49. The molecule has 0 bridgehead atoms. The van der Waals surface area contributed by atoms with E-state index < -0.39 is 0 Å². The molecule has 3 rings (SSSR count). The average Bonchev–Trinajstić information content (AvgIpc) is 2.81. The standard InChI is InChI=1S/C14H18BrN3O/c1-6-7(2)19-8(3)12(6)14-17-11-5-9(15)4-10(16)13(11)18-14/h4-8,12H,16H2,1-3H3,(H,17,18). The van der Waals surface area contributed by atoms with Crippen LogP contribution < -0.4 is 5.73 Å². The van der Waals surface area contributed by atoms with Crippen LogP contribution in [0.25, 0.3) is 11.0 Å². The smallest absolute Gasteiger partial charge is 0.113 e. The second-order valence-corrected chi connectivity index (χ2v) is 6.36. The molecule has 2 aromatic rings. The third kappa shape index (κ3) is 2.05. The van der Waals surface area contributed by atoms with Gasteiger partial charge >= 0.3 is 0 Å². The summed E-state index contributed by atoms with van der Waals surface area (Å²) < 4.78 is 6.85. The number of aromatic amines is 1. The van der Waals surface area contributed by atoms with Gasteiger partial charge in [-0.3, -0.25) is 0 Å². The highest BCUT2D eigenvalue weighted by Gasteiger charge is 2.39. The maximum Gasteiger partial charge on any atom is 0.113 e. The van der Waals surface area contributed by atoms with E-state index in [9.17, 15) is 0 Å². The van der Waals surface area contributed by atoms with E-state index in [4.69, 9.17) is 10.5 Å². The van der Waals surface area contributed by atoms with Crippen LogP contribution in [0.15, 0.2) is 16.6 Å². The van der Waals surface area contributed by atoms with Crippen molar-refractivity contribution in [2.24, 2.45) is 5.92 Å². The van der Waals surface area contributed by atoms with Crippen molar-refractivity contribution in [3.63, 3.8) is 0 Å². The predicted octanol–water partition coefficient (Wildman–Crippen LogP) is 3.43. The largest absolute Gasteiger partial charge is 0.397 e. The number of nitrogen functional groups attached to an aromatic ring is 1. The van der Waals surface area contributed by atoms with Crippen LogP contribution in [-0.4, -0.2) is 22.2 Å². The number of nitrogens with zero attached hydrogens (tertiary/aromatic N) is 1. The van der Waals surface area contributed by atoms with E-state index in [1.165, 1.54) is 0 Å². The van der Waals surface area contributed by atoms with Crippen molar-refractivity contribution < 1.29 is 4.74 Å². The lowest BCUT2D eigenvalue weighted by molar-refractivity contribution is 0.0554. The summed E-state index contributed by atoms with van der Waals surface area (Å²) in [5.74, 6) is 1.71. The molecule has 19 heavy (non-hydrogen) atoms. The zero-order chi connectivity index (χ0) is 13.7. The summed E-state index contributed by atoms with van der Waals surface area (Å²) in [5.41, 5.74) is 8.53. The van der Waals surface area contributed by atoms with Gasteiger partial charge in [0.2, 0.25) is 0 Å². The number of halogens is 1. The summed E-state index contributed by atoms with van der Waals surface area (Å²) in [4.78, 5) is 8.09. The number of nitrogens with one attached hydrogen (secondary N) is 1. The average molecular weight is 324 g/mol. The van der Waals surface area contributed by atoms with E-state index >= 15 is 0 Å². The summed E-state index contributed by atoms with van der Waals surface area (Å²) in [7, 11) is 0. The van der Waals surface area contributed by atoms with Gasteiger partial charge in [-0.1, -0.05) is 22.9 Å². The van der Waals surface area contributed by atoms with E-state index in [0.29, 0.717) is 17.5 Å². The Kier molecular flexibility index (Phi) is 3.06. The lowest BCUT2D eigenvalue weighted by Gasteiger charge is -2.15. The Morgan fingerprint density at radius 1 is 1.26 bits per heavy atom. The minimum atomic E-state index is 0.176. The molecule has 1 fully saturated rings. The van der Waals surface area contributed by atoms with E-state index in [-0.39, 0.29) is 12.2 Å². The number of fused-ring (bicyclic) bond motifs is 1. The van der Waals surface area contributed by atoms with Crippen molar-refractivity contribution in [1.82, 2.24) is 9.97 Å². The van der Waals surface area contributed by atoms with Gasteiger partial charge in [0.1, 0.15) is 11.3 Å². The molecule has 0 amide bonds. The van der Waals surface area contributed by atoms with Crippen LogP contribution in [0.3, 0.4) is 0 Å². The minimum Gasteiger partial charge on any atom is -0.397 e. The lowest BCUT2D eigenvalue weighted by Crippen LogP contribution is -2.16. The Morgan fingerprint density at radius 2 is 2.00 bits per heavy atom. The topological polar surface area (TPSA) is 63.9 Å². The van der Waals surface area contributed by atoms with Crippen LogP contribution in [0.4, 0.5) is 5.69 Å². The summed E-state index contributed by atoms with van der Waals surface area (Å²) in [6.07, 6.45) is 0.438. The number of imidazole rings is 1. The van der Waals surface area contributed by atoms with Crippen molar-refractivity contribution >= 4 is 32.7 Å². The molecule has 0 radical (unpaired) electrons. The molecule has 3 N–H and O–H groups in total. The van der Waals surface area contributed by atoms with Gasteiger partial charge in [-0.2, -0.15) is 0 Å². The van der Waals surface area contributed by atoms with Gasteiger partial charge in [-0.25, -0.2) is 4.98 Å². The van der Waals surface area contributed by atoms with Gasteiger partial charge in [-0.15, -0.1) is 0 Å². The first-order chi connectivity index (χ1) is 8.97. The highest BCUT2D eigenvalue weighted by molar-refractivity contribution is 9.10. The molecular formula is C14H18BrN3O. The zero-order valence-electron chi connectivity index (χ0n) is 11.3. The van der Waals surface area contributed by atoms with E-state index in [2.05, 4.69) is 46.7 Å². The third-order valence-corrected chi connectivity index (χ3v) is 4.61. The second-order valence-electron chi connectivity index (χ2n) is 5.44. The molecule has 4 nitrogen and oxygen atoms in total. The minimum absolute atomic E-state index is 0.176. The number of H-pyrrole nitrogens is 1. The first kappa shape index (κ1) is 12.9. The number of nitrogens with two attached hydrogens (primary N) is 1. The maximum atomic E-state index is 6.02. The van der Waals surface area contributed by atoms with Crippen LogP contribution in [0.2, 0.25) is 0 Å². The quantitative estimate of drug-likeness (QED) is 0.790. The molecule has 102 valence electrons. The van der Waals surface area contributed by atoms with Gasteiger partial charge in [0.15, 0.2) is 0 Å². The summed E-state index contributed by atoms with van der Waals surface area (Å²) >= 11 is 3.46. The molecule has 1 aromatic heterocycles. The first-order valence-corrected chi connectivity index (χ1v) is 7.36. The van der Waals surface area contributed by atoms with Crippen molar-refractivity contribution in [2.75, 3.05) is 5.73 Å². The van der Waals surface area contributed by atoms with Crippen LogP contribution in [0.5, 0.6) is 0 Å². The van der Waals surface area contributed by atoms with Crippen LogP contribution in [-0.2, 0) is 4.74 Å². The number of aromatic nitrogens is 2. The Hall–Kier alpha value is -1.07.